The number of allylic oxidation sites excluding steroid dienone is 5. The maximum Gasteiger partial charge on any atom is 0.318 e. The second kappa shape index (κ2) is 4.23. The highest BCUT2D eigenvalue weighted by molar-refractivity contribution is 6.02. The molecule has 0 heterocycles. The predicted octanol–water partition coefficient (Wildman–Crippen LogP) is 2.50. The van der Waals surface area contributed by atoms with E-state index in [1.165, 1.54) is 5.57 Å². The standard InChI is InChI=1S/C15H16O3/c16-13-8-7-11-10-4-2-1-3-9(10)5-6-12(11)14(13)15(17)18/h1,3,5-6,10-11,14H,2,4,7-8H2,(H,17,18). The molecule has 3 aliphatic carbocycles. The molecule has 0 aromatic heterocycles. The molecule has 0 amide bonds. The van der Waals surface area contributed by atoms with Crippen molar-refractivity contribution in [3.05, 3.63) is 35.5 Å². The van der Waals surface area contributed by atoms with Gasteiger partial charge >= 0.3 is 5.97 Å². The van der Waals surface area contributed by atoms with E-state index in [4.69, 9.17) is 0 Å². The van der Waals surface area contributed by atoms with Crippen molar-refractivity contribution in [2.24, 2.45) is 17.8 Å². The highest BCUT2D eigenvalue weighted by atomic mass is 16.4. The minimum absolute atomic E-state index is 0.131. The summed E-state index contributed by atoms with van der Waals surface area (Å²) in [6, 6.07) is 0. The molecule has 3 atom stereocenters. The molecule has 3 aliphatic rings. The van der Waals surface area contributed by atoms with Crippen molar-refractivity contribution in [1.82, 2.24) is 0 Å². The van der Waals surface area contributed by atoms with Gasteiger partial charge in [-0.3, -0.25) is 9.59 Å². The number of rotatable bonds is 1. The number of carbonyl (C=O) groups is 2. The van der Waals surface area contributed by atoms with Crippen LogP contribution in [0.25, 0.3) is 0 Å². The van der Waals surface area contributed by atoms with Crippen LogP contribution in [0.5, 0.6) is 0 Å². The van der Waals surface area contributed by atoms with Gasteiger partial charge in [0.1, 0.15) is 5.92 Å². The molecule has 3 rings (SSSR count). The molecule has 0 aromatic rings. The molecule has 0 bridgehead atoms. The van der Waals surface area contributed by atoms with Gasteiger partial charge in [-0.05, 0) is 42.2 Å². The van der Waals surface area contributed by atoms with Crippen molar-refractivity contribution in [3.63, 3.8) is 0 Å². The van der Waals surface area contributed by atoms with E-state index in [1.54, 1.807) is 0 Å². The molecule has 1 fully saturated rings. The number of carboxylic acid groups (broad SMARTS) is 1. The largest absolute Gasteiger partial charge is 0.480 e. The van der Waals surface area contributed by atoms with Gasteiger partial charge in [-0.25, -0.2) is 0 Å². The van der Waals surface area contributed by atoms with Gasteiger partial charge in [0.25, 0.3) is 0 Å². The van der Waals surface area contributed by atoms with Crippen LogP contribution in [0.3, 0.4) is 0 Å². The van der Waals surface area contributed by atoms with Crippen LogP contribution < -0.4 is 0 Å². The summed E-state index contributed by atoms with van der Waals surface area (Å²) in [4.78, 5) is 23.1. The van der Waals surface area contributed by atoms with Gasteiger partial charge in [-0.1, -0.05) is 24.3 Å². The third-order valence-corrected chi connectivity index (χ3v) is 4.37. The topological polar surface area (TPSA) is 54.4 Å². The smallest absolute Gasteiger partial charge is 0.318 e. The van der Waals surface area contributed by atoms with E-state index >= 15 is 0 Å². The van der Waals surface area contributed by atoms with Crippen LogP contribution in [0.2, 0.25) is 0 Å². The van der Waals surface area contributed by atoms with E-state index < -0.39 is 11.9 Å². The molecule has 3 heteroatoms. The molecule has 3 nitrogen and oxygen atoms in total. The summed E-state index contributed by atoms with van der Waals surface area (Å²) >= 11 is 0. The molecule has 0 aromatic carbocycles. The summed E-state index contributed by atoms with van der Waals surface area (Å²) in [5.74, 6) is -1.33. The molecule has 0 radical (unpaired) electrons. The summed E-state index contributed by atoms with van der Waals surface area (Å²) in [7, 11) is 0. The lowest BCUT2D eigenvalue weighted by Gasteiger charge is -2.39. The molecule has 1 N–H and O–H groups in total. The fraction of sp³-hybridized carbons (Fsp3) is 0.467. The molecule has 1 saturated carbocycles. The van der Waals surface area contributed by atoms with Gasteiger partial charge in [0.2, 0.25) is 0 Å². The number of carboxylic acids is 1. The molecular weight excluding hydrogens is 228 g/mol. The summed E-state index contributed by atoms with van der Waals surface area (Å²) in [5.41, 5.74) is 2.14. The summed E-state index contributed by atoms with van der Waals surface area (Å²) in [6.45, 7) is 0. The minimum atomic E-state index is -0.987. The van der Waals surface area contributed by atoms with Crippen LogP contribution in [-0.2, 0) is 9.59 Å². The van der Waals surface area contributed by atoms with E-state index in [0.717, 1.165) is 24.8 Å². The van der Waals surface area contributed by atoms with Gasteiger partial charge in [0.15, 0.2) is 5.78 Å². The third-order valence-electron chi connectivity index (χ3n) is 4.37. The van der Waals surface area contributed by atoms with Gasteiger partial charge < -0.3 is 5.11 Å². The molecule has 0 saturated heterocycles. The first-order chi connectivity index (χ1) is 8.68. The highest BCUT2D eigenvalue weighted by Gasteiger charge is 2.42. The lowest BCUT2D eigenvalue weighted by molar-refractivity contribution is -0.145. The fourth-order valence-electron chi connectivity index (χ4n) is 3.53. The quantitative estimate of drug-likeness (QED) is 0.721. The van der Waals surface area contributed by atoms with Crippen LogP contribution >= 0.6 is 0 Å². The molecule has 18 heavy (non-hydrogen) atoms. The number of aliphatic carboxylic acids is 1. The molecule has 94 valence electrons. The number of Topliss-reactive ketones (excluding diaryl/α,β-unsaturated/α-hetero) is 1. The van der Waals surface area contributed by atoms with Crippen LogP contribution in [0.4, 0.5) is 0 Å². The van der Waals surface area contributed by atoms with E-state index in [2.05, 4.69) is 12.2 Å². The van der Waals surface area contributed by atoms with Crippen LogP contribution in [0.1, 0.15) is 25.7 Å². The number of fused-ring (bicyclic) bond motifs is 3. The van der Waals surface area contributed by atoms with E-state index in [0.29, 0.717) is 12.3 Å². The summed E-state index contributed by atoms with van der Waals surface area (Å²) in [6.07, 6.45) is 11.5. The fourth-order valence-corrected chi connectivity index (χ4v) is 3.53. The van der Waals surface area contributed by atoms with Crippen molar-refractivity contribution in [3.8, 4) is 0 Å². The highest BCUT2D eigenvalue weighted by Crippen LogP contribution is 2.45. The minimum Gasteiger partial charge on any atom is -0.480 e. The summed E-state index contributed by atoms with van der Waals surface area (Å²) in [5, 5.41) is 9.25. The Bertz CT molecular complexity index is 496. The van der Waals surface area contributed by atoms with Crippen molar-refractivity contribution in [1.29, 1.82) is 0 Å². The van der Waals surface area contributed by atoms with Crippen molar-refractivity contribution < 1.29 is 14.7 Å². The maximum atomic E-state index is 11.8. The zero-order valence-corrected chi connectivity index (χ0v) is 10.1. The Morgan fingerprint density at radius 1 is 1.22 bits per heavy atom. The molecule has 0 aliphatic heterocycles. The van der Waals surface area contributed by atoms with E-state index in [1.807, 2.05) is 12.2 Å². The Kier molecular flexibility index (Phi) is 2.69. The first-order valence-corrected chi connectivity index (χ1v) is 6.52. The lowest BCUT2D eigenvalue weighted by Crippen LogP contribution is -2.38. The zero-order valence-electron chi connectivity index (χ0n) is 10.1. The second-order valence-corrected chi connectivity index (χ2v) is 5.30. The molecular formula is C15H16O3. The Labute approximate surface area is 106 Å². The number of hydrogen-bond donors (Lipinski definition) is 1. The van der Waals surface area contributed by atoms with Crippen LogP contribution in [0.15, 0.2) is 35.5 Å². The first-order valence-electron chi connectivity index (χ1n) is 6.52. The molecule has 3 unspecified atom stereocenters. The Balaban J connectivity index is 2.01. The number of carbonyl (C=O) groups excluding carboxylic acids is 1. The maximum absolute atomic E-state index is 11.8. The predicted molar refractivity (Wildman–Crippen MR) is 66.9 cm³/mol. The Morgan fingerprint density at radius 2 is 2.06 bits per heavy atom. The average molecular weight is 244 g/mol. The van der Waals surface area contributed by atoms with Crippen molar-refractivity contribution >= 4 is 11.8 Å². The summed E-state index contributed by atoms with van der Waals surface area (Å²) < 4.78 is 0. The van der Waals surface area contributed by atoms with Gasteiger partial charge in [-0.2, -0.15) is 0 Å². The lowest BCUT2D eigenvalue weighted by atomic mass is 9.64. The van der Waals surface area contributed by atoms with E-state index in [-0.39, 0.29) is 11.7 Å². The monoisotopic (exact) mass is 244 g/mol. The SMILES string of the molecule is O=C(O)C1C(=O)CCC2C1=CC=C1C=CCCC12. The second-order valence-electron chi connectivity index (χ2n) is 5.30. The van der Waals surface area contributed by atoms with Crippen molar-refractivity contribution in [2.75, 3.05) is 0 Å². The van der Waals surface area contributed by atoms with Gasteiger partial charge in [-0.15, -0.1) is 0 Å². The van der Waals surface area contributed by atoms with Gasteiger partial charge in [0, 0.05) is 6.42 Å². The van der Waals surface area contributed by atoms with Crippen LogP contribution in [0, 0.1) is 17.8 Å². The molecule has 0 spiro atoms. The third kappa shape index (κ3) is 1.65. The number of ketones is 1. The Morgan fingerprint density at radius 3 is 2.83 bits per heavy atom. The number of hydrogen-bond acceptors (Lipinski definition) is 2. The average Bonchev–Trinajstić information content (AvgIpc) is 2.37. The van der Waals surface area contributed by atoms with E-state index in [9.17, 15) is 14.7 Å². The zero-order chi connectivity index (χ0) is 12.7. The van der Waals surface area contributed by atoms with Gasteiger partial charge in [0.05, 0.1) is 0 Å². The normalized spacial score (nSPS) is 34.2. The Hall–Kier alpha value is -1.64. The van der Waals surface area contributed by atoms with Crippen molar-refractivity contribution in [2.45, 2.75) is 25.7 Å². The first kappa shape index (κ1) is 11.5. The van der Waals surface area contributed by atoms with Crippen LogP contribution in [-0.4, -0.2) is 16.9 Å².